The Bertz CT molecular complexity index is 790. The van der Waals surface area contributed by atoms with Gasteiger partial charge >= 0.3 is 5.97 Å². The van der Waals surface area contributed by atoms with Crippen LogP contribution >= 0.6 is 0 Å². The van der Waals surface area contributed by atoms with Gasteiger partial charge in [0, 0.05) is 18.6 Å². The molecule has 27 heavy (non-hydrogen) atoms. The molecule has 0 aliphatic carbocycles. The summed E-state index contributed by atoms with van der Waals surface area (Å²) in [7, 11) is 0. The van der Waals surface area contributed by atoms with E-state index in [1.807, 2.05) is 12.3 Å². The van der Waals surface area contributed by atoms with E-state index >= 15 is 0 Å². The van der Waals surface area contributed by atoms with Crippen LogP contribution in [-0.4, -0.2) is 51.1 Å². The number of anilines is 1. The number of aromatic nitrogens is 4. The molecule has 2 aromatic heterocycles. The van der Waals surface area contributed by atoms with E-state index in [9.17, 15) is 9.59 Å². The van der Waals surface area contributed by atoms with Crippen LogP contribution in [0.25, 0.3) is 0 Å². The third kappa shape index (κ3) is 3.59. The number of rotatable bonds is 6. The molecule has 0 spiro atoms. The Balaban J connectivity index is 1.80. The van der Waals surface area contributed by atoms with Crippen LogP contribution in [0.15, 0.2) is 30.9 Å². The maximum atomic E-state index is 13.2. The highest BCUT2D eigenvalue weighted by Crippen LogP contribution is 2.29. The van der Waals surface area contributed by atoms with Crippen molar-refractivity contribution in [1.82, 2.24) is 24.9 Å². The van der Waals surface area contributed by atoms with Crippen LogP contribution in [-0.2, 0) is 25.4 Å². The lowest BCUT2D eigenvalue weighted by molar-refractivity contribution is -0.152. The van der Waals surface area contributed by atoms with Gasteiger partial charge in [-0.25, -0.2) is 4.79 Å². The van der Waals surface area contributed by atoms with Gasteiger partial charge in [-0.15, -0.1) is 0 Å². The van der Waals surface area contributed by atoms with E-state index in [-0.39, 0.29) is 11.9 Å². The summed E-state index contributed by atoms with van der Waals surface area (Å²) in [5.74, 6) is -0.515. The maximum Gasteiger partial charge on any atom is 0.333 e. The highest BCUT2D eigenvalue weighted by Gasteiger charge is 2.42. The minimum atomic E-state index is -0.965. The minimum Gasteiger partial charge on any atom is -0.464 e. The van der Waals surface area contributed by atoms with Crippen molar-refractivity contribution in [1.29, 1.82) is 0 Å². The molecule has 0 unspecified atom stereocenters. The Kier molecular flexibility index (Phi) is 5.31. The lowest BCUT2D eigenvalue weighted by Crippen LogP contribution is -2.52. The molecule has 0 saturated carbocycles. The number of carbonyl (C=O) groups excluding carboxylic acids is 2. The third-order valence-corrected chi connectivity index (χ3v) is 4.98. The zero-order chi connectivity index (χ0) is 19.5. The molecule has 1 aliphatic heterocycles. The van der Waals surface area contributed by atoms with Crippen molar-refractivity contribution in [2.45, 2.75) is 44.7 Å². The SMILES string of the molecule is CCOC(=O)C(C)(C)n1cc(NC(=O)C2(n3cccn3)CCNCC2)cn1. The molecule has 0 bridgehead atoms. The van der Waals surface area contributed by atoms with Gasteiger partial charge in [-0.1, -0.05) is 0 Å². The summed E-state index contributed by atoms with van der Waals surface area (Å²) >= 11 is 0. The van der Waals surface area contributed by atoms with Crippen molar-refractivity contribution >= 4 is 17.6 Å². The topological polar surface area (TPSA) is 103 Å². The van der Waals surface area contributed by atoms with Crippen LogP contribution in [0, 0.1) is 0 Å². The van der Waals surface area contributed by atoms with Crippen LogP contribution in [0.4, 0.5) is 5.69 Å². The standard InChI is InChI=1S/C18H26N6O3/c1-4-27-16(26)17(2,3)24-13-14(12-21-24)22-15(25)18(6-9-19-10-7-18)23-11-5-8-20-23/h5,8,11-13,19H,4,6-7,9-10H2,1-3H3,(H,22,25). The first-order valence-electron chi connectivity index (χ1n) is 9.15. The zero-order valence-electron chi connectivity index (χ0n) is 15.9. The van der Waals surface area contributed by atoms with E-state index < -0.39 is 11.1 Å². The highest BCUT2D eigenvalue weighted by molar-refractivity contribution is 5.96. The van der Waals surface area contributed by atoms with Crippen LogP contribution in [0.5, 0.6) is 0 Å². The van der Waals surface area contributed by atoms with E-state index in [4.69, 9.17) is 4.74 Å². The molecule has 1 saturated heterocycles. The molecule has 0 radical (unpaired) electrons. The number of esters is 1. The summed E-state index contributed by atoms with van der Waals surface area (Å²) in [6, 6.07) is 1.82. The normalized spacial score (nSPS) is 16.7. The lowest BCUT2D eigenvalue weighted by Gasteiger charge is -2.36. The van der Waals surface area contributed by atoms with Gasteiger partial charge in [0.25, 0.3) is 5.91 Å². The Morgan fingerprint density at radius 2 is 2.07 bits per heavy atom. The van der Waals surface area contributed by atoms with Gasteiger partial charge in [-0.3, -0.25) is 14.2 Å². The average molecular weight is 374 g/mol. The molecular formula is C18H26N6O3. The number of amides is 1. The van der Waals surface area contributed by atoms with Crippen LogP contribution in [0.2, 0.25) is 0 Å². The average Bonchev–Trinajstić information content (AvgIpc) is 3.35. The van der Waals surface area contributed by atoms with E-state index in [2.05, 4.69) is 20.8 Å². The number of piperidine rings is 1. The molecule has 146 valence electrons. The van der Waals surface area contributed by atoms with Crippen molar-refractivity contribution < 1.29 is 14.3 Å². The quantitative estimate of drug-likeness (QED) is 0.734. The minimum absolute atomic E-state index is 0.138. The van der Waals surface area contributed by atoms with E-state index in [0.717, 1.165) is 13.1 Å². The fourth-order valence-corrected chi connectivity index (χ4v) is 3.26. The van der Waals surface area contributed by atoms with Crippen LogP contribution in [0.1, 0.15) is 33.6 Å². The molecule has 0 aromatic carbocycles. The second-order valence-electron chi connectivity index (χ2n) is 7.14. The van der Waals surface area contributed by atoms with Crippen LogP contribution in [0.3, 0.4) is 0 Å². The summed E-state index contributed by atoms with van der Waals surface area (Å²) in [5, 5.41) is 14.8. The highest BCUT2D eigenvalue weighted by atomic mass is 16.5. The van der Waals surface area contributed by atoms with Gasteiger partial charge < -0.3 is 15.4 Å². The number of nitrogens with zero attached hydrogens (tertiary/aromatic N) is 4. The number of ether oxygens (including phenoxy) is 1. The molecule has 3 heterocycles. The predicted molar refractivity (Wildman–Crippen MR) is 99.1 cm³/mol. The first kappa shape index (κ1) is 19.1. The molecule has 1 fully saturated rings. The molecule has 3 rings (SSSR count). The fourth-order valence-electron chi connectivity index (χ4n) is 3.26. The first-order chi connectivity index (χ1) is 12.9. The van der Waals surface area contributed by atoms with Gasteiger partial charge in [0.05, 0.1) is 18.5 Å². The van der Waals surface area contributed by atoms with Crippen molar-refractivity contribution in [2.24, 2.45) is 0 Å². The molecule has 2 aromatic rings. The largest absolute Gasteiger partial charge is 0.464 e. The van der Waals surface area contributed by atoms with Gasteiger partial charge in [0.15, 0.2) is 5.54 Å². The van der Waals surface area contributed by atoms with Gasteiger partial charge in [-0.2, -0.15) is 10.2 Å². The summed E-state index contributed by atoms with van der Waals surface area (Å²) < 4.78 is 8.34. The molecule has 2 N–H and O–H groups in total. The molecule has 1 amide bonds. The van der Waals surface area contributed by atoms with E-state index in [1.54, 1.807) is 37.8 Å². The molecule has 1 aliphatic rings. The number of hydrogen-bond acceptors (Lipinski definition) is 6. The number of nitrogens with one attached hydrogen (secondary N) is 2. The number of carbonyl (C=O) groups is 2. The molecular weight excluding hydrogens is 348 g/mol. The van der Waals surface area contributed by atoms with Gasteiger partial charge in [0.1, 0.15) is 5.54 Å². The Morgan fingerprint density at radius 3 is 2.70 bits per heavy atom. The molecule has 9 nitrogen and oxygen atoms in total. The van der Waals surface area contributed by atoms with Crippen molar-refractivity contribution in [3.05, 3.63) is 30.9 Å². The first-order valence-corrected chi connectivity index (χ1v) is 9.15. The smallest absolute Gasteiger partial charge is 0.333 e. The van der Waals surface area contributed by atoms with Crippen molar-refractivity contribution in [2.75, 3.05) is 25.0 Å². The summed E-state index contributed by atoms with van der Waals surface area (Å²) in [6.45, 7) is 6.98. The third-order valence-electron chi connectivity index (χ3n) is 4.98. The Morgan fingerprint density at radius 1 is 1.33 bits per heavy atom. The summed E-state index contributed by atoms with van der Waals surface area (Å²) in [4.78, 5) is 25.3. The summed E-state index contributed by atoms with van der Waals surface area (Å²) in [6.07, 6.45) is 7.96. The fraction of sp³-hybridized carbons (Fsp3) is 0.556. The molecule has 0 atom stereocenters. The monoisotopic (exact) mass is 374 g/mol. The van der Waals surface area contributed by atoms with Gasteiger partial charge in [0.2, 0.25) is 0 Å². The van der Waals surface area contributed by atoms with Gasteiger partial charge in [-0.05, 0) is 52.8 Å². The summed E-state index contributed by atoms with van der Waals surface area (Å²) in [5.41, 5.74) is -1.18. The lowest BCUT2D eigenvalue weighted by atomic mass is 9.87. The second kappa shape index (κ2) is 7.51. The van der Waals surface area contributed by atoms with Crippen LogP contribution < -0.4 is 10.6 Å². The Labute approximate surface area is 158 Å². The maximum absolute atomic E-state index is 13.2. The molecule has 9 heteroatoms. The Hall–Kier alpha value is -2.68. The van der Waals surface area contributed by atoms with Crippen molar-refractivity contribution in [3.63, 3.8) is 0 Å². The predicted octanol–water partition coefficient (Wildman–Crippen LogP) is 1.10. The second-order valence-corrected chi connectivity index (χ2v) is 7.14. The number of hydrogen-bond donors (Lipinski definition) is 2. The van der Waals surface area contributed by atoms with E-state index in [0.29, 0.717) is 25.1 Å². The zero-order valence-corrected chi connectivity index (χ0v) is 15.9. The van der Waals surface area contributed by atoms with Crippen molar-refractivity contribution in [3.8, 4) is 0 Å². The van der Waals surface area contributed by atoms with E-state index in [1.165, 1.54) is 10.9 Å².